The molecule has 0 N–H and O–H groups in total. The van der Waals surface area contributed by atoms with Crippen molar-refractivity contribution in [3.63, 3.8) is 0 Å². The number of aromatic nitrogens is 1. The second kappa shape index (κ2) is 5.48. The SMILES string of the molecule is Cn1c(CC#N)cc(Cl)c1C(=O)c1ccc(Cl)cc1. The maximum atomic E-state index is 12.4. The lowest BCUT2D eigenvalue weighted by Gasteiger charge is -2.06. The Morgan fingerprint density at radius 2 is 1.95 bits per heavy atom. The van der Waals surface area contributed by atoms with Crippen LogP contribution < -0.4 is 0 Å². The zero-order valence-corrected chi connectivity index (χ0v) is 11.7. The summed E-state index contributed by atoms with van der Waals surface area (Å²) >= 11 is 11.9. The predicted molar refractivity (Wildman–Crippen MR) is 74.6 cm³/mol. The molecule has 0 radical (unpaired) electrons. The molecule has 0 saturated carbocycles. The van der Waals surface area contributed by atoms with Crippen molar-refractivity contribution in [3.8, 4) is 6.07 Å². The summed E-state index contributed by atoms with van der Waals surface area (Å²) in [5.74, 6) is -0.187. The first-order valence-corrected chi connectivity index (χ1v) is 6.31. The number of hydrogen-bond donors (Lipinski definition) is 0. The molecule has 19 heavy (non-hydrogen) atoms. The van der Waals surface area contributed by atoms with E-state index in [-0.39, 0.29) is 12.2 Å². The lowest BCUT2D eigenvalue weighted by atomic mass is 10.1. The summed E-state index contributed by atoms with van der Waals surface area (Å²) in [6.07, 6.45) is 0.212. The largest absolute Gasteiger partial charge is 0.343 e. The van der Waals surface area contributed by atoms with Crippen molar-refractivity contribution in [2.45, 2.75) is 6.42 Å². The Morgan fingerprint density at radius 3 is 2.53 bits per heavy atom. The van der Waals surface area contributed by atoms with Crippen LogP contribution in [0.5, 0.6) is 0 Å². The van der Waals surface area contributed by atoms with Crippen LogP contribution in [0.15, 0.2) is 30.3 Å². The highest BCUT2D eigenvalue weighted by Gasteiger charge is 2.19. The average Bonchev–Trinajstić information content (AvgIpc) is 2.65. The zero-order valence-electron chi connectivity index (χ0n) is 10.2. The Bertz CT molecular complexity index is 666. The maximum Gasteiger partial charge on any atom is 0.210 e. The Hall–Kier alpha value is -1.76. The number of hydrogen-bond acceptors (Lipinski definition) is 2. The third kappa shape index (κ3) is 2.65. The number of halogens is 2. The van der Waals surface area contributed by atoms with Gasteiger partial charge in [-0.2, -0.15) is 5.26 Å². The normalized spacial score (nSPS) is 10.2. The quantitative estimate of drug-likeness (QED) is 0.811. The van der Waals surface area contributed by atoms with E-state index < -0.39 is 0 Å². The highest BCUT2D eigenvalue weighted by atomic mass is 35.5. The molecule has 0 aliphatic carbocycles. The lowest BCUT2D eigenvalue weighted by molar-refractivity contribution is 0.103. The van der Waals surface area contributed by atoms with Gasteiger partial charge in [-0.15, -0.1) is 0 Å². The highest BCUT2D eigenvalue weighted by molar-refractivity contribution is 6.35. The van der Waals surface area contributed by atoms with Gasteiger partial charge >= 0.3 is 0 Å². The minimum atomic E-state index is -0.187. The van der Waals surface area contributed by atoms with Gasteiger partial charge in [0.2, 0.25) is 5.78 Å². The summed E-state index contributed by atoms with van der Waals surface area (Å²) in [6.45, 7) is 0. The van der Waals surface area contributed by atoms with Crippen LogP contribution in [0.3, 0.4) is 0 Å². The van der Waals surface area contributed by atoms with Crippen LogP contribution >= 0.6 is 23.2 Å². The van der Waals surface area contributed by atoms with E-state index in [1.165, 1.54) is 0 Å². The van der Waals surface area contributed by atoms with Crippen LogP contribution in [-0.4, -0.2) is 10.4 Å². The van der Waals surface area contributed by atoms with Crippen molar-refractivity contribution in [2.75, 3.05) is 0 Å². The van der Waals surface area contributed by atoms with E-state index in [1.807, 2.05) is 6.07 Å². The van der Waals surface area contributed by atoms with Crippen LogP contribution in [0.1, 0.15) is 21.7 Å². The standard InChI is InChI=1S/C14H10Cl2N2O/c1-18-11(6-7-17)8-12(16)13(18)14(19)9-2-4-10(15)5-3-9/h2-5,8H,6H2,1H3. The molecule has 1 heterocycles. The summed E-state index contributed by atoms with van der Waals surface area (Å²) in [5, 5.41) is 9.65. The molecular weight excluding hydrogens is 283 g/mol. The molecule has 0 fully saturated rings. The van der Waals surface area contributed by atoms with Crippen LogP contribution in [0.2, 0.25) is 10.0 Å². The van der Waals surface area contributed by atoms with Gasteiger partial charge in [0.25, 0.3) is 0 Å². The lowest BCUT2D eigenvalue weighted by Crippen LogP contribution is -2.09. The topological polar surface area (TPSA) is 45.8 Å². The Kier molecular flexibility index (Phi) is 3.94. The second-order valence-electron chi connectivity index (χ2n) is 4.06. The number of benzene rings is 1. The molecule has 0 saturated heterocycles. The average molecular weight is 293 g/mol. The van der Waals surface area contributed by atoms with Gasteiger partial charge in [-0.05, 0) is 30.3 Å². The van der Waals surface area contributed by atoms with Crippen molar-refractivity contribution in [1.29, 1.82) is 5.26 Å². The molecule has 0 unspecified atom stereocenters. The highest BCUT2D eigenvalue weighted by Crippen LogP contribution is 2.24. The molecule has 0 aliphatic rings. The van der Waals surface area contributed by atoms with E-state index in [2.05, 4.69) is 0 Å². The maximum absolute atomic E-state index is 12.4. The van der Waals surface area contributed by atoms with E-state index in [9.17, 15) is 4.79 Å². The number of nitrogens with zero attached hydrogens (tertiary/aromatic N) is 2. The molecule has 0 aliphatic heterocycles. The number of carbonyl (C=O) groups is 1. The van der Waals surface area contributed by atoms with Crippen molar-refractivity contribution < 1.29 is 4.79 Å². The molecule has 5 heteroatoms. The minimum Gasteiger partial charge on any atom is -0.343 e. The fourth-order valence-electron chi connectivity index (χ4n) is 1.86. The van der Waals surface area contributed by atoms with Gasteiger partial charge in [-0.1, -0.05) is 23.2 Å². The Labute approximate surface area is 121 Å². The number of nitriles is 1. The fraction of sp³-hybridized carbons (Fsp3) is 0.143. The molecule has 1 aromatic heterocycles. The van der Waals surface area contributed by atoms with Crippen molar-refractivity contribution in [2.24, 2.45) is 7.05 Å². The Morgan fingerprint density at radius 1 is 1.32 bits per heavy atom. The summed E-state index contributed by atoms with van der Waals surface area (Å²) in [7, 11) is 1.72. The van der Waals surface area contributed by atoms with E-state index in [0.717, 1.165) is 0 Å². The van der Waals surface area contributed by atoms with Crippen molar-refractivity contribution >= 4 is 29.0 Å². The van der Waals surface area contributed by atoms with Crippen LogP contribution in [0, 0.1) is 11.3 Å². The first kappa shape index (κ1) is 13.7. The second-order valence-corrected chi connectivity index (χ2v) is 4.91. The first-order chi connectivity index (χ1) is 9.04. The van der Waals surface area contributed by atoms with E-state index in [0.29, 0.717) is 27.0 Å². The number of carbonyl (C=O) groups excluding carboxylic acids is 1. The molecule has 0 amide bonds. The Balaban J connectivity index is 2.45. The predicted octanol–water partition coefficient (Wildman–Crippen LogP) is 3.63. The monoisotopic (exact) mass is 292 g/mol. The summed E-state index contributed by atoms with van der Waals surface area (Å²) < 4.78 is 1.66. The fourth-order valence-corrected chi connectivity index (χ4v) is 2.33. The molecule has 0 atom stereocenters. The van der Waals surface area contributed by atoms with Crippen molar-refractivity contribution in [3.05, 3.63) is 57.3 Å². The molecule has 0 bridgehead atoms. The smallest absolute Gasteiger partial charge is 0.210 e. The molecule has 1 aromatic carbocycles. The van der Waals surface area contributed by atoms with Crippen LogP contribution in [0.25, 0.3) is 0 Å². The third-order valence-corrected chi connectivity index (χ3v) is 3.41. The summed E-state index contributed by atoms with van der Waals surface area (Å²) in [6, 6.07) is 10.3. The van der Waals surface area contributed by atoms with E-state index in [4.69, 9.17) is 28.5 Å². The summed E-state index contributed by atoms with van der Waals surface area (Å²) in [5.41, 5.74) is 1.61. The first-order valence-electron chi connectivity index (χ1n) is 5.56. The number of rotatable bonds is 3. The summed E-state index contributed by atoms with van der Waals surface area (Å²) in [4.78, 5) is 12.4. The minimum absolute atomic E-state index is 0.187. The van der Waals surface area contributed by atoms with Gasteiger partial charge in [0.1, 0.15) is 5.69 Å². The molecular formula is C14H10Cl2N2O. The van der Waals surface area contributed by atoms with E-state index in [1.54, 1.807) is 41.9 Å². The van der Waals surface area contributed by atoms with Gasteiger partial charge in [-0.25, -0.2) is 0 Å². The van der Waals surface area contributed by atoms with Gasteiger partial charge in [0, 0.05) is 23.3 Å². The van der Waals surface area contributed by atoms with Gasteiger partial charge in [0.05, 0.1) is 17.5 Å². The zero-order chi connectivity index (χ0) is 14.0. The van der Waals surface area contributed by atoms with Crippen LogP contribution in [0.4, 0.5) is 0 Å². The molecule has 2 rings (SSSR count). The van der Waals surface area contributed by atoms with Crippen molar-refractivity contribution in [1.82, 2.24) is 4.57 Å². The van der Waals surface area contributed by atoms with Crippen LogP contribution in [-0.2, 0) is 13.5 Å². The van der Waals surface area contributed by atoms with Gasteiger partial charge < -0.3 is 4.57 Å². The molecule has 0 spiro atoms. The molecule has 96 valence electrons. The van der Waals surface area contributed by atoms with Gasteiger partial charge in [0.15, 0.2) is 0 Å². The van der Waals surface area contributed by atoms with E-state index >= 15 is 0 Å². The van der Waals surface area contributed by atoms with Gasteiger partial charge in [-0.3, -0.25) is 4.79 Å². The molecule has 2 aromatic rings. The third-order valence-electron chi connectivity index (χ3n) is 2.87. The molecule has 3 nitrogen and oxygen atoms in total. The number of ketones is 1.